The molecule has 0 spiro atoms. The van der Waals surface area contributed by atoms with Crippen LogP contribution in [0.15, 0.2) is 176 Å². The molecule has 0 N–H and O–H groups in total. The minimum Gasteiger partial charge on any atom is -0.308 e. The molecule has 0 amide bonds. The third-order valence-corrected chi connectivity index (χ3v) is 13.0. The van der Waals surface area contributed by atoms with Crippen LogP contribution < -0.4 is 16.4 Å². The van der Waals surface area contributed by atoms with Gasteiger partial charge in [0.1, 0.15) is 0 Å². The molecule has 13 aromatic rings. The fraction of sp³-hybridized carbons (Fsp3) is 0. The number of benzene rings is 7. The van der Waals surface area contributed by atoms with Crippen molar-refractivity contribution in [2.24, 2.45) is 0 Å². The lowest BCUT2D eigenvalue weighted by molar-refractivity contribution is 1.28. The summed E-state index contributed by atoms with van der Waals surface area (Å²) in [5, 5.41) is 10.3. The highest BCUT2D eigenvalue weighted by molar-refractivity contribution is 7.00. The van der Waals surface area contributed by atoms with Crippen molar-refractivity contribution in [3.63, 3.8) is 0 Å². The monoisotopic (exact) mass is 720 g/mol. The largest absolute Gasteiger partial charge is 0.308 e. The Balaban J connectivity index is 0.999. The Hall–Kier alpha value is -7.50. The molecule has 0 saturated carbocycles. The molecule has 6 aromatic heterocycles. The molecule has 0 aliphatic carbocycles. The Morgan fingerprint density at radius 3 is 1.28 bits per heavy atom. The molecule has 1 aliphatic rings. The zero-order valence-corrected chi connectivity index (χ0v) is 30.6. The van der Waals surface area contributed by atoms with Crippen LogP contribution in [-0.2, 0) is 0 Å². The predicted octanol–water partition coefficient (Wildman–Crippen LogP) is 10.6. The minimum absolute atomic E-state index is 0.0487. The number of pyridine rings is 2. The molecule has 260 valence electrons. The number of hydrogen-bond acceptors (Lipinski definition) is 2. The number of rotatable bonds is 3. The van der Waals surface area contributed by atoms with E-state index in [1.54, 1.807) is 0 Å². The van der Waals surface area contributed by atoms with Gasteiger partial charge in [-0.15, -0.1) is 0 Å². The number of aromatic nitrogens is 4. The Labute approximate surface area is 326 Å². The summed E-state index contributed by atoms with van der Waals surface area (Å²) in [6.45, 7) is -0.0487. The summed E-state index contributed by atoms with van der Waals surface area (Å²) in [5.74, 6) is 0. The lowest BCUT2D eigenvalue weighted by Crippen LogP contribution is -2.50. The second-order valence-electron chi connectivity index (χ2n) is 15.7. The standard InChI is InChI=1S/C52H29BN4/c1-2-10-32(11-3-1)53-47-33(30-20-22-45-41(28-30)39-16-8-14-37-35-12-4-6-18-43(35)56(45)51(37)39)24-26-54-49(47)50-48(53)34(25-27-55-50)31-21-23-46-42(29-31)40-17-9-15-38-36-13-5-7-19-44(36)57(46)52(38)40/h1-29H. The lowest BCUT2D eigenvalue weighted by Gasteiger charge is -2.17. The van der Waals surface area contributed by atoms with E-state index in [2.05, 4.69) is 173 Å². The van der Waals surface area contributed by atoms with Gasteiger partial charge in [-0.25, -0.2) is 0 Å². The van der Waals surface area contributed by atoms with Gasteiger partial charge in [-0.2, -0.15) is 0 Å². The van der Waals surface area contributed by atoms with Crippen LogP contribution in [0.2, 0.25) is 0 Å². The van der Waals surface area contributed by atoms with Crippen molar-refractivity contribution in [2.45, 2.75) is 0 Å². The van der Waals surface area contributed by atoms with Crippen LogP contribution in [0.1, 0.15) is 0 Å². The molecule has 57 heavy (non-hydrogen) atoms. The molecule has 0 saturated heterocycles. The lowest BCUT2D eigenvalue weighted by atomic mass is 9.37. The molecule has 7 aromatic carbocycles. The predicted molar refractivity (Wildman–Crippen MR) is 239 cm³/mol. The van der Waals surface area contributed by atoms with Crippen molar-refractivity contribution in [1.29, 1.82) is 0 Å². The molecule has 0 unspecified atom stereocenters. The van der Waals surface area contributed by atoms with Crippen molar-refractivity contribution in [1.82, 2.24) is 18.8 Å². The van der Waals surface area contributed by atoms with Gasteiger partial charge in [0.25, 0.3) is 0 Å². The van der Waals surface area contributed by atoms with Gasteiger partial charge >= 0.3 is 0 Å². The van der Waals surface area contributed by atoms with E-state index in [-0.39, 0.29) is 6.71 Å². The van der Waals surface area contributed by atoms with E-state index in [0.29, 0.717) is 0 Å². The summed E-state index contributed by atoms with van der Waals surface area (Å²) in [4.78, 5) is 10.2. The molecule has 0 bridgehead atoms. The van der Waals surface area contributed by atoms with Crippen LogP contribution >= 0.6 is 0 Å². The second kappa shape index (κ2) is 10.6. The quantitative estimate of drug-likeness (QED) is 0.170. The molecule has 5 heteroatoms. The van der Waals surface area contributed by atoms with Crippen molar-refractivity contribution in [3.05, 3.63) is 176 Å². The highest BCUT2D eigenvalue weighted by Gasteiger charge is 2.40. The third kappa shape index (κ3) is 3.69. The summed E-state index contributed by atoms with van der Waals surface area (Å²) >= 11 is 0. The van der Waals surface area contributed by atoms with E-state index in [0.717, 1.165) is 11.4 Å². The van der Waals surface area contributed by atoms with Crippen molar-refractivity contribution in [3.8, 4) is 33.6 Å². The summed E-state index contributed by atoms with van der Waals surface area (Å²) in [6.07, 6.45) is 3.94. The fourth-order valence-electron chi connectivity index (χ4n) is 10.7. The van der Waals surface area contributed by atoms with Crippen molar-refractivity contribution in [2.75, 3.05) is 0 Å². The molecule has 14 rings (SSSR count). The van der Waals surface area contributed by atoms with E-state index in [1.165, 1.54) is 115 Å². The minimum atomic E-state index is -0.0487. The first-order valence-corrected chi connectivity index (χ1v) is 19.7. The Kier molecular flexibility index (Phi) is 5.56. The van der Waals surface area contributed by atoms with Gasteiger partial charge in [-0.05, 0) is 81.7 Å². The van der Waals surface area contributed by atoms with E-state index in [9.17, 15) is 0 Å². The van der Waals surface area contributed by atoms with Crippen LogP contribution in [0.25, 0.3) is 110 Å². The van der Waals surface area contributed by atoms with Crippen LogP contribution in [-0.4, -0.2) is 25.5 Å². The topological polar surface area (TPSA) is 34.6 Å². The number of nitrogens with zero attached hydrogens (tertiary/aromatic N) is 4. The van der Waals surface area contributed by atoms with Gasteiger partial charge in [0, 0.05) is 55.5 Å². The zero-order valence-electron chi connectivity index (χ0n) is 30.6. The summed E-state index contributed by atoms with van der Waals surface area (Å²) in [6, 6.07) is 60.4. The SMILES string of the molecule is c1ccc(B2c3c(-c4ccc5c(c4)c4cccc6c7ccccc7n5c64)ccnc3-c3nccc(-c4ccc5c(c4)c4cccc6c7ccccc7n5c64)c32)cc1. The first kappa shape index (κ1) is 29.8. The number of fused-ring (bicyclic) bond motifs is 15. The van der Waals surface area contributed by atoms with Gasteiger partial charge in [-0.1, -0.05) is 121 Å². The molecule has 0 radical (unpaired) electrons. The molecule has 4 nitrogen and oxygen atoms in total. The second-order valence-corrected chi connectivity index (χ2v) is 15.7. The number of para-hydroxylation sites is 4. The fourth-order valence-corrected chi connectivity index (χ4v) is 10.7. The van der Waals surface area contributed by atoms with Gasteiger partial charge in [0.05, 0.1) is 44.5 Å². The molecule has 1 aliphatic heterocycles. The highest BCUT2D eigenvalue weighted by Crippen LogP contribution is 2.42. The molecule has 0 fully saturated rings. The van der Waals surface area contributed by atoms with Crippen LogP contribution in [0.5, 0.6) is 0 Å². The van der Waals surface area contributed by atoms with E-state index in [1.807, 2.05) is 12.4 Å². The first-order valence-electron chi connectivity index (χ1n) is 19.7. The van der Waals surface area contributed by atoms with Gasteiger partial charge in [0.15, 0.2) is 0 Å². The van der Waals surface area contributed by atoms with E-state index >= 15 is 0 Å². The van der Waals surface area contributed by atoms with Crippen molar-refractivity contribution < 1.29 is 0 Å². The summed E-state index contributed by atoms with van der Waals surface area (Å²) in [5.41, 5.74) is 17.9. The van der Waals surface area contributed by atoms with Crippen LogP contribution in [0, 0.1) is 0 Å². The molecule has 0 atom stereocenters. The Morgan fingerprint density at radius 1 is 0.351 bits per heavy atom. The smallest absolute Gasteiger partial charge is 0.248 e. The highest BCUT2D eigenvalue weighted by atomic mass is 14.9. The van der Waals surface area contributed by atoms with E-state index in [4.69, 9.17) is 9.97 Å². The van der Waals surface area contributed by atoms with Gasteiger partial charge in [-0.3, -0.25) is 9.97 Å². The Bertz CT molecular complexity index is 3590. The van der Waals surface area contributed by atoms with Crippen LogP contribution in [0.3, 0.4) is 0 Å². The average molecular weight is 721 g/mol. The average Bonchev–Trinajstić information content (AvgIpc) is 4.07. The first-order chi connectivity index (χ1) is 28.3. The maximum Gasteiger partial charge on any atom is 0.248 e. The zero-order chi connectivity index (χ0) is 36.9. The molecule has 7 heterocycles. The molecular formula is C52H29BN4. The van der Waals surface area contributed by atoms with Gasteiger partial charge in [0.2, 0.25) is 6.71 Å². The van der Waals surface area contributed by atoms with Gasteiger partial charge < -0.3 is 8.80 Å². The maximum absolute atomic E-state index is 5.12. The number of hydrogen-bond donors (Lipinski definition) is 0. The molecular weight excluding hydrogens is 691 g/mol. The van der Waals surface area contributed by atoms with Crippen LogP contribution in [0.4, 0.5) is 0 Å². The Morgan fingerprint density at radius 2 is 0.772 bits per heavy atom. The van der Waals surface area contributed by atoms with Crippen molar-refractivity contribution >= 4 is 99.3 Å². The summed E-state index contributed by atoms with van der Waals surface area (Å²) < 4.78 is 4.90. The van der Waals surface area contributed by atoms with E-state index < -0.39 is 0 Å². The normalized spacial score (nSPS) is 12.9. The third-order valence-electron chi connectivity index (χ3n) is 13.0. The maximum atomic E-state index is 5.12. The summed E-state index contributed by atoms with van der Waals surface area (Å²) in [7, 11) is 0.